The maximum Gasteiger partial charge on any atom is 0.335 e. The van der Waals surface area contributed by atoms with Crippen molar-refractivity contribution < 1.29 is 14.7 Å². The van der Waals surface area contributed by atoms with Gasteiger partial charge in [0.25, 0.3) is 5.91 Å². The Bertz CT molecular complexity index is 827. The van der Waals surface area contributed by atoms with Gasteiger partial charge in [0.2, 0.25) is 5.82 Å². The summed E-state index contributed by atoms with van der Waals surface area (Å²) in [4.78, 5) is 22.9. The molecule has 3 aromatic rings. The number of rotatable bonds is 4. The number of hydrogen-bond donors (Lipinski definition) is 3. The van der Waals surface area contributed by atoms with Gasteiger partial charge < -0.3 is 10.4 Å². The first-order valence-electron chi connectivity index (χ1n) is 6.62. The van der Waals surface area contributed by atoms with Gasteiger partial charge >= 0.3 is 5.97 Å². The van der Waals surface area contributed by atoms with Crippen LogP contribution in [-0.4, -0.2) is 37.6 Å². The molecule has 0 atom stereocenters. The van der Waals surface area contributed by atoms with Crippen LogP contribution >= 0.6 is 0 Å². The van der Waals surface area contributed by atoms with Crippen molar-refractivity contribution in [3.05, 3.63) is 59.7 Å². The Labute approximate surface area is 130 Å². The molecule has 0 aliphatic heterocycles. The number of carbonyl (C=O) groups excluding carboxylic acids is 1. The summed E-state index contributed by atoms with van der Waals surface area (Å²) in [7, 11) is 0. The SMILES string of the molecule is O=C(O)c1ccc(NC(=O)c2ccc(-c3nn[nH]n3)cc2)cc1. The Morgan fingerprint density at radius 2 is 1.61 bits per heavy atom. The summed E-state index contributed by atoms with van der Waals surface area (Å²) in [6, 6.07) is 12.7. The molecule has 2 aromatic carbocycles. The number of hydrogen-bond acceptors (Lipinski definition) is 5. The third kappa shape index (κ3) is 3.21. The predicted molar refractivity (Wildman–Crippen MR) is 81.0 cm³/mol. The molecule has 3 N–H and O–H groups in total. The number of anilines is 1. The molecule has 8 nitrogen and oxygen atoms in total. The van der Waals surface area contributed by atoms with Gasteiger partial charge in [-0.3, -0.25) is 4.79 Å². The van der Waals surface area contributed by atoms with Crippen molar-refractivity contribution in [1.82, 2.24) is 20.6 Å². The summed E-state index contributed by atoms with van der Waals surface area (Å²) in [6.07, 6.45) is 0. The van der Waals surface area contributed by atoms with Crippen LogP contribution in [0.4, 0.5) is 5.69 Å². The molecular weight excluding hydrogens is 298 g/mol. The van der Waals surface area contributed by atoms with E-state index in [1.807, 2.05) is 0 Å². The molecule has 0 fully saturated rings. The molecule has 0 saturated carbocycles. The van der Waals surface area contributed by atoms with Gasteiger partial charge in [-0.2, -0.15) is 5.21 Å². The lowest BCUT2D eigenvalue weighted by Gasteiger charge is -2.06. The normalized spacial score (nSPS) is 10.3. The summed E-state index contributed by atoms with van der Waals surface area (Å²) in [5, 5.41) is 25.1. The third-order valence-corrected chi connectivity index (χ3v) is 3.14. The summed E-state index contributed by atoms with van der Waals surface area (Å²) < 4.78 is 0. The minimum atomic E-state index is -1.01. The van der Waals surface area contributed by atoms with Crippen molar-refractivity contribution >= 4 is 17.6 Å². The zero-order valence-electron chi connectivity index (χ0n) is 11.7. The second kappa shape index (κ2) is 6.06. The summed E-state index contributed by atoms with van der Waals surface area (Å²) in [6.45, 7) is 0. The van der Waals surface area contributed by atoms with Crippen molar-refractivity contribution in [2.24, 2.45) is 0 Å². The van der Waals surface area contributed by atoms with Gasteiger partial charge in [0.05, 0.1) is 5.56 Å². The van der Waals surface area contributed by atoms with E-state index in [0.29, 0.717) is 17.1 Å². The number of amides is 1. The second-order valence-electron chi connectivity index (χ2n) is 4.65. The molecule has 0 aliphatic rings. The Morgan fingerprint density at radius 1 is 0.957 bits per heavy atom. The van der Waals surface area contributed by atoms with Crippen molar-refractivity contribution in [3.8, 4) is 11.4 Å². The first-order valence-corrected chi connectivity index (χ1v) is 6.62. The highest BCUT2D eigenvalue weighted by Crippen LogP contribution is 2.16. The van der Waals surface area contributed by atoms with Crippen LogP contribution in [0.3, 0.4) is 0 Å². The van der Waals surface area contributed by atoms with E-state index in [9.17, 15) is 9.59 Å². The van der Waals surface area contributed by atoms with E-state index in [-0.39, 0.29) is 11.5 Å². The molecule has 1 amide bonds. The highest BCUT2D eigenvalue weighted by Gasteiger charge is 2.09. The number of nitrogens with one attached hydrogen (secondary N) is 2. The molecule has 0 bridgehead atoms. The molecule has 0 spiro atoms. The Morgan fingerprint density at radius 3 is 2.17 bits per heavy atom. The maximum atomic E-state index is 12.2. The smallest absolute Gasteiger partial charge is 0.335 e. The minimum absolute atomic E-state index is 0.160. The predicted octanol–water partition coefficient (Wildman–Crippen LogP) is 1.82. The van der Waals surface area contributed by atoms with Gasteiger partial charge in [-0.05, 0) is 41.6 Å². The van der Waals surface area contributed by atoms with E-state index in [1.165, 1.54) is 24.3 Å². The highest BCUT2D eigenvalue weighted by atomic mass is 16.4. The molecule has 0 radical (unpaired) electrons. The molecule has 0 unspecified atom stereocenters. The molecule has 0 saturated heterocycles. The lowest BCUT2D eigenvalue weighted by Crippen LogP contribution is -2.11. The van der Waals surface area contributed by atoms with Crippen LogP contribution in [0.5, 0.6) is 0 Å². The van der Waals surface area contributed by atoms with Gasteiger partial charge in [-0.25, -0.2) is 4.79 Å². The van der Waals surface area contributed by atoms with Crippen LogP contribution in [0.25, 0.3) is 11.4 Å². The topological polar surface area (TPSA) is 121 Å². The number of aromatic nitrogens is 4. The van der Waals surface area contributed by atoms with Crippen molar-refractivity contribution in [1.29, 1.82) is 0 Å². The van der Waals surface area contributed by atoms with E-state index in [4.69, 9.17) is 5.11 Å². The summed E-state index contributed by atoms with van der Waals surface area (Å²) in [5.41, 5.74) is 1.87. The number of aromatic carboxylic acids is 1. The van der Waals surface area contributed by atoms with E-state index >= 15 is 0 Å². The van der Waals surface area contributed by atoms with Gasteiger partial charge in [-0.1, -0.05) is 12.1 Å². The van der Waals surface area contributed by atoms with Gasteiger partial charge in [0, 0.05) is 16.8 Å². The molecule has 23 heavy (non-hydrogen) atoms. The zero-order chi connectivity index (χ0) is 16.2. The fourth-order valence-electron chi connectivity index (χ4n) is 1.95. The Balaban J connectivity index is 1.71. The molecule has 114 valence electrons. The minimum Gasteiger partial charge on any atom is -0.478 e. The quantitative estimate of drug-likeness (QED) is 0.676. The van der Waals surface area contributed by atoms with Gasteiger partial charge in [-0.15, -0.1) is 10.2 Å². The van der Waals surface area contributed by atoms with Crippen molar-refractivity contribution in [3.63, 3.8) is 0 Å². The van der Waals surface area contributed by atoms with E-state index in [2.05, 4.69) is 25.9 Å². The fraction of sp³-hybridized carbons (Fsp3) is 0. The van der Waals surface area contributed by atoms with E-state index in [0.717, 1.165) is 5.56 Å². The average molecular weight is 309 g/mol. The average Bonchev–Trinajstić information content (AvgIpc) is 3.10. The zero-order valence-corrected chi connectivity index (χ0v) is 11.7. The molecule has 1 aromatic heterocycles. The number of aromatic amines is 1. The van der Waals surface area contributed by atoms with Crippen LogP contribution in [0.15, 0.2) is 48.5 Å². The number of carboxylic acids is 1. The lowest BCUT2D eigenvalue weighted by molar-refractivity contribution is 0.0696. The summed E-state index contributed by atoms with van der Waals surface area (Å²) in [5.74, 6) is -0.867. The van der Waals surface area contributed by atoms with Crippen LogP contribution in [-0.2, 0) is 0 Å². The monoisotopic (exact) mass is 309 g/mol. The van der Waals surface area contributed by atoms with Crippen LogP contribution < -0.4 is 5.32 Å². The first-order chi connectivity index (χ1) is 11.1. The van der Waals surface area contributed by atoms with Crippen LogP contribution in [0.1, 0.15) is 20.7 Å². The first kappa shape index (κ1) is 14.4. The Hall–Kier alpha value is -3.55. The third-order valence-electron chi connectivity index (χ3n) is 3.14. The molecule has 8 heteroatoms. The molecule has 1 heterocycles. The van der Waals surface area contributed by atoms with Gasteiger partial charge in [0.15, 0.2) is 0 Å². The molecular formula is C15H11N5O3. The fourth-order valence-corrected chi connectivity index (χ4v) is 1.95. The number of carboxylic acid groups (broad SMARTS) is 1. The number of nitrogens with zero attached hydrogens (tertiary/aromatic N) is 3. The second-order valence-corrected chi connectivity index (χ2v) is 4.65. The molecule has 0 aliphatic carbocycles. The van der Waals surface area contributed by atoms with Crippen LogP contribution in [0, 0.1) is 0 Å². The van der Waals surface area contributed by atoms with Crippen molar-refractivity contribution in [2.75, 3.05) is 5.32 Å². The van der Waals surface area contributed by atoms with Gasteiger partial charge in [0.1, 0.15) is 0 Å². The standard InChI is InChI=1S/C15H11N5O3/c21-14(16-12-7-5-11(6-8-12)15(22)23)10-3-1-9(2-4-10)13-17-19-20-18-13/h1-8H,(H,16,21)(H,22,23)(H,17,18,19,20). The molecule has 3 rings (SSSR count). The summed E-state index contributed by atoms with van der Waals surface area (Å²) >= 11 is 0. The van der Waals surface area contributed by atoms with E-state index < -0.39 is 5.97 Å². The van der Waals surface area contributed by atoms with Crippen LogP contribution in [0.2, 0.25) is 0 Å². The number of H-pyrrole nitrogens is 1. The van der Waals surface area contributed by atoms with E-state index in [1.54, 1.807) is 24.3 Å². The van der Waals surface area contributed by atoms with Crippen molar-refractivity contribution in [2.45, 2.75) is 0 Å². The maximum absolute atomic E-state index is 12.2. The lowest BCUT2D eigenvalue weighted by atomic mass is 10.1. The number of tetrazole rings is 1. The Kier molecular flexibility index (Phi) is 3.79. The highest BCUT2D eigenvalue weighted by molar-refractivity contribution is 6.04. The number of benzene rings is 2. The number of carbonyl (C=O) groups is 2. The largest absolute Gasteiger partial charge is 0.478 e.